The number of benzene rings is 1. The van der Waals surface area contributed by atoms with Gasteiger partial charge in [0.2, 0.25) is 25.0 Å². The third kappa shape index (κ3) is 8.92. The fraction of sp³-hybridized carbons (Fsp3) is 0.389. The fourth-order valence-electron chi connectivity index (χ4n) is 2.94. The van der Waals surface area contributed by atoms with Gasteiger partial charge in [0.1, 0.15) is 12.4 Å². The number of rotatable bonds is 8. The lowest BCUT2D eigenvalue weighted by Gasteiger charge is -2.55. The molecule has 4 unspecified atom stereocenters. The van der Waals surface area contributed by atoms with Crippen LogP contribution in [0.3, 0.4) is 0 Å². The molecule has 0 radical (unpaired) electrons. The third-order valence-corrected chi connectivity index (χ3v) is 6.13. The zero-order valence-electron chi connectivity index (χ0n) is 17.8. The molecule has 1 heterocycles. The first-order valence-electron chi connectivity index (χ1n) is 9.09. The number of para-hydroxylation sites is 1. The van der Waals surface area contributed by atoms with E-state index in [-0.39, 0.29) is 11.3 Å². The van der Waals surface area contributed by atoms with Crippen molar-refractivity contribution in [1.82, 2.24) is 10.2 Å². The molecule has 0 aliphatic carbocycles. The summed E-state index contributed by atoms with van der Waals surface area (Å²) < 4.78 is 30.5. The summed E-state index contributed by atoms with van der Waals surface area (Å²) in [7, 11) is 10.9. The first kappa shape index (κ1) is 32.2. The van der Waals surface area contributed by atoms with Gasteiger partial charge in [0.05, 0.1) is 0 Å². The molecule has 2 amide bonds. The van der Waals surface area contributed by atoms with Crippen molar-refractivity contribution in [2.75, 3.05) is 6.61 Å². The van der Waals surface area contributed by atoms with Crippen LogP contribution in [0.25, 0.3) is 0 Å². The zero-order valence-corrected chi connectivity index (χ0v) is 24.0. The number of nitrogens with zero attached hydrogens (tertiary/aromatic N) is 1. The molecule has 1 fully saturated rings. The number of hydrogen-bond acceptors (Lipinski definition) is 7. The van der Waals surface area contributed by atoms with Gasteiger partial charge in [0, 0.05) is 28.3 Å². The maximum atomic E-state index is 13.0. The number of alkyl halides is 3. The van der Waals surface area contributed by atoms with Crippen molar-refractivity contribution >= 4 is 104 Å². The van der Waals surface area contributed by atoms with Crippen LogP contribution in [-0.2, 0) is 38.4 Å². The van der Waals surface area contributed by atoms with Crippen LogP contribution in [0, 0.1) is 0 Å². The van der Waals surface area contributed by atoms with Crippen LogP contribution in [0.15, 0.2) is 42.5 Å². The van der Waals surface area contributed by atoms with Crippen LogP contribution in [0.4, 0.5) is 0 Å². The molecule has 17 heteroatoms. The Labute approximate surface area is 234 Å². The topological polar surface area (TPSA) is 119 Å². The summed E-state index contributed by atoms with van der Waals surface area (Å²) in [6, 6.07) is 6.64. The zero-order chi connectivity index (χ0) is 27.1. The predicted molar refractivity (Wildman–Crippen MR) is 138 cm³/mol. The van der Waals surface area contributed by atoms with Crippen molar-refractivity contribution in [1.29, 1.82) is 0 Å². The average molecular weight is 651 g/mol. The van der Waals surface area contributed by atoms with Crippen molar-refractivity contribution < 1.29 is 32.3 Å². The molecule has 0 saturated carbocycles. The van der Waals surface area contributed by atoms with Crippen LogP contribution in [0.2, 0.25) is 0 Å². The van der Waals surface area contributed by atoms with Crippen molar-refractivity contribution in [2.24, 2.45) is 0 Å². The van der Waals surface area contributed by atoms with E-state index in [1.54, 1.807) is 30.3 Å². The Morgan fingerprint density at radius 1 is 1.17 bits per heavy atom. The number of amides is 2. The largest absolute Gasteiger partial charge is 0.475 e. The molecule has 0 spiro atoms. The van der Waals surface area contributed by atoms with Gasteiger partial charge in [-0.2, -0.15) is 0 Å². The summed E-state index contributed by atoms with van der Waals surface area (Å²) in [5.41, 5.74) is 0.123. The molecule has 1 aromatic rings. The summed E-state index contributed by atoms with van der Waals surface area (Å²) in [4.78, 5) is 36.4. The van der Waals surface area contributed by atoms with E-state index in [9.17, 15) is 18.6 Å². The minimum absolute atomic E-state index is 0.123. The first-order valence-corrected chi connectivity index (χ1v) is 15.0. The van der Waals surface area contributed by atoms with Gasteiger partial charge in [-0.3, -0.25) is 14.5 Å². The minimum Gasteiger partial charge on any atom is -0.475 e. The number of β-lactam (4-membered cyclic amide) rings is 1. The maximum absolute atomic E-state index is 13.0. The minimum atomic E-state index is -2.44. The maximum Gasteiger partial charge on any atom is 0.333 e. The van der Waals surface area contributed by atoms with Gasteiger partial charge in [-0.1, -0.05) is 59.6 Å². The lowest BCUT2D eigenvalue weighted by molar-refractivity contribution is -0.184. The molecule has 0 aromatic heterocycles. The Morgan fingerprint density at radius 3 is 2.09 bits per heavy atom. The Kier molecular flexibility index (Phi) is 12.6. The SMILES string of the molecule is C=C(C)C(C(=O)OCC(Cl)(Cl)Cl)N1C(=O)C(Oc2ccccc2)C1(NC(C)=O)S(=O)Cl.O=S(Cl)Cl. The van der Waals surface area contributed by atoms with E-state index in [1.165, 1.54) is 6.92 Å². The number of ether oxygens (including phenoxy) is 2. The smallest absolute Gasteiger partial charge is 0.333 e. The monoisotopic (exact) mass is 648 g/mol. The lowest BCUT2D eigenvalue weighted by Crippen LogP contribution is -2.85. The van der Waals surface area contributed by atoms with E-state index in [1.807, 2.05) is 0 Å². The summed E-state index contributed by atoms with van der Waals surface area (Å²) >= 11 is 16.8. The summed E-state index contributed by atoms with van der Waals surface area (Å²) in [5.74, 6) is -2.24. The van der Waals surface area contributed by atoms with E-state index in [0.717, 1.165) is 11.8 Å². The van der Waals surface area contributed by atoms with Crippen LogP contribution in [0.1, 0.15) is 13.8 Å². The van der Waals surface area contributed by atoms with Gasteiger partial charge in [-0.15, -0.1) is 0 Å². The highest BCUT2D eigenvalue weighted by atomic mass is 36.0. The first-order chi connectivity index (χ1) is 16.0. The van der Waals surface area contributed by atoms with Crippen molar-refractivity contribution in [2.45, 2.75) is 34.8 Å². The molecule has 1 N–H and O–H groups in total. The number of hydrogen-bond donors (Lipinski definition) is 1. The Hall–Kier alpha value is -0.790. The molecule has 35 heavy (non-hydrogen) atoms. The van der Waals surface area contributed by atoms with Gasteiger partial charge >= 0.3 is 5.97 Å². The molecule has 1 aliphatic heterocycles. The second kappa shape index (κ2) is 13.7. The molecule has 1 saturated heterocycles. The van der Waals surface area contributed by atoms with Crippen molar-refractivity contribution in [3.63, 3.8) is 0 Å². The molecular weight excluding hydrogens is 633 g/mol. The van der Waals surface area contributed by atoms with E-state index in [2.05, 4.69) is 33.3 Å². The van der Waals surface area contributed by atoms with Crippen LogP contribution in [0.5, 0.6) is 5.75 Å². The number of nitrogens with one attached hydrogen (secondary N) is 1. The van der Waals surface area contributed by atoms with Gasteiger partial charge in [-0.05, 0) is 35.3 Å². The van der Waals surface area contributed by atoms with Gasteiger partial charge < -0.3 is 14.8 Å². The van der Waals surface area contributed by atoms with Crippen molar-refractivity contribution in [3.05, 3.63) is 42.5 Å². The van der Waals surface area contributed by atoms with E-state index in [4.69, 9.17) is 59.2 Å². The fourth-order valence-corrected chi connectivity index (χ4v) is 4.58. The highest BCUT2D eigenvalue weighted by molar-refractivity contribution is 8.26. The lowest BCUT2D eigenvalue weighted by atomic mass is 9.96. The summed E-state index contributed by atoms with van der Waals surface area (Å²) in [6.45, 7) is 5.61. The molecule has 1 aliphatic rings. The van der Waals surface area contributed by atoms with Crippen molar-refractivity contribution in [3.8, 4) is 5.75 Å². The number of carbonyl (C=O) groups excluding carboxylic acids is 3. The Bertz CT molecular complexity index is 1010. The molecule has 2 rings (SSSR count). The molecule has 196 valence electrons. The standard InChI is InChI=1S/C18H18Cl4N2O6S.Cl2OS/c1-10(2)13(16(27)29-9-17(19,20)21)24-15(26)14(30-12-7-5-4-6-8-12)18(24,31(22)28)23-11(3)25;1-4(2)3/h4-8,13-14H,1,9H2,2-3H3,(H,23,25);. The molecule has 4 atom stereocenters. The highest BCUT2D eigenvalue weighted by Crippen LogP contribution is 2.41. The van der Waals surface area contributed by atoms with Gasteiger partial charge in [0.15, 0.2) is 16.1 Å². The van der Waals surface area contributed by atoms with Crippen LogP contribution >= 0.6 is 66.8 Å². The van der Waals surface area contributed by atoms with Gasteiger partial charge in [0.25, 0.3) is 10.9 Å². The Balaban J connectivity index is 0.00000142. The summed E-state index contributed by atoms with van der Waals surface area (Å²) in [6.07, 6.45) is -1.50. The van der Waals surface area contributed by atoms with E-state index in [0.29, 0.717) is 0 Å². The quantitative estimate of drug-likeness (QED) is 0.149. The summed E-state index contributed by atoms with van der Waals surface area (Å²) in [5, 5.41) is 2.39. The number of halogens is 6. The highest BCUT2D eigenvalue weighted by Gasteiger charge is 2.70. The van der Waals surface area contributed by atoms with Gasteiger partial charge in [-0.25, -0.2) is 13.2 Å². The van der Waals surface area contributed by atoms with Crippen LogP contribution in [-0.4, -0.2) is 58.6 Å². The molecular formula is C18H18Cl6N2O7S2. The molecule has 9 nitrogen and oxygen atoms in total. The third-order valence-electron chi connectivity index (χ3n) is 4.10. The second-order valence-corrected chi connectivity index (χ2v) is 13.7. The number of esters is 1. The molecule has 0 bridgehead atoms. The normalized spacial score (nSPS) is 21.1. The second-order valence-electron chi connectivity index (χ2n) is 6.78. The predicted octanol–water partition coefficient (Wildman–Crippen LogP) is 3.87. The average Bonchev–Trinajstić information content (AvgIpc) is 2.72. The Morgan fingerprint density at radius 2 is 1.69 bits per heavy atom. The van der Waals surface area contributed by atoms with E-state index >= 15 is 0 Å². The number of likely N-dealkylation sites (tertiary alicyclic amines) is 1. The number of carbonyl (C=O) groups is 3. The van der Waals surface area contributed by atoms with Crippen LogP contribution < -0.4 is 10.1 Å². The molecule has 1 aromatic carbocycles. The van der Waals surface area contributed by atoms with E-state index < -0.39 is 64.6 Å².